The van der Waals surface area contributed by atoms with Gasteiger partial charge in [0.15, 0.2) is 0 Å². The molecule has 0 bridgehead atoms. The van der Waals surface area contributed by atoms with E-state index in [0.717, 1.165) is 70.1 Å². The first kappa shape index (κ1) is 38.3. The number of aromatic amines is 2. The van der Waals surface area contributed by atoms with Gasteiger partial charge in [-0.1, -0.05) is 87.5 Å². The quantitative estimate of drug-likeness (QED) is 0.124. The molecule has 2 aromatic heterocycles. The van der Waals surface area contributed by atoms with E-state index in [1.165, 1.54) is 14.2 Å². The minimum Gasteiger partial charge on any atom is -0.453 e. The molecule has 5 heterocycles. The van der Waals surface area contributed by atoms with Crippen molar-refractivity contribution in [3.63, 3.8) is 0 Å². The third-order valence-electron chi connectivity index (χ3n) is 12.1. The number of nitrogens with one attached hydrogen (secondary N) is 4. The number of benzene rings is 2. The molecule has 5 N–H and O–H groups in total. The van der Waals surface area contributed by atoms with Crippen LogP contribution in [-0.4, -0.2) is 98.1 Å². The van der Waals surface area contributed by atoms with Crippen molar-refractivity contribution < 1.29 is 29.0 Å². The van der Waals surface area contributed by atoms with Crippen molar-refractivity contribution in [1.82, 2.24) is 40.4 Å². The van der Waals surface area contributed by atoms with Gasteiger partial charge in [-0.25, -0.2) is 14.8 Å². The Bertz CT molecular complexity index is 2170. The summed E-state index contributed by atoms with van der Waals surface area (Å²) in [6, 6.07) is 14.8. The summed E-state index contributed by atoms with van der Waals surface area (Å²) in [4.78, 5) is 59.9. The Morgan fingerprint density at radius 2 is 1.51 bits per heavy atom. The van der Waals surface area contributed by atoms with E-state index in [1.54, 1.807) is 0 Å². The fourth-order valence-electron chi connectivity index (χ4n) is 9.05. The number of carbonyl (C=O) groups excluding carboxylic acids is 3. The van der Waals surface area contributed by atoms with Gasteiger partial charge in [0.1, 0.15) is 17.7 Å². The molecule has 3 aliphatic heterocycles. The molecule has 14 heteroatoms. The highest BCUT2D eigenvalue weighted by Gasteiger charge is 2.54. The highest BCUT2D eigenvalue weighted by molar-refractivity contribution is 5.89. The number of piperidine rings is 1. The number of aromatic nitrogens is 4. The zero-order chi connectivity index (χ0) is 40.0. The smallest absolute Gasteiger partial charge is 0.407 e. The van der Waals surface area contributed by atoms with Crippen molar-refractivity contribution in [3.05, 3.63) is 96.4 Å². The Balaban J connectivity index is 0.944. The van der Waals surface area contributed by atoms with Crippen LogP contribution in [0.15, 0.2) is 84.7 Å². The van der Waals surface area contributed by atoms with Crippen LogP contribution in [0.25, 0.3) is 33.6 Å². The maximum absolute atomic E-state index is 13.9. The van der Waals surface area contributed by atoms with Gasteiger partial charge in [0, 0.05) is 25.5 Å². The number of hydrogen-bond donors (Lipinski definition) is 5. The molecular weight excluding hydrogens is 725 g/mol. The Morgan fingerprint density at radius 1 is 0.912 bits per heavy atom. The van der Waals surface area contributed by atoms with Crippen molar-refractivity contribution in [2.75, 3.05) is 20.8 Å². The molecule has 0 radical (unpaired) electrons. The third kappa shape index (κ3) is 7.17. The number of alkyl carbamates (subject to hydrolysis) is 1. The van der Waals surface area contributed by atoms with E-state index in [-0.39, 0.29) is 47.7 Å². The second-order valence-electron chi connectivity index (χ2n) is 15.7. The van der Waals surface area contributed by atoms with E-state index < -0.39 is 24.6 Å². The highest BCUT2D eigenvalue weighted by atomic mass is 16.6. The van der Waals surface area contributed by atoms with Crippen molar-refractivity contribution >= 4 is 17.9 Å². The number of likely N-dealkylation sites (tertiary alicyclic amines) is 1. The third-order valence-corrected chi connectivity index (χ3v) is 12.1. The molecule has 3 saturated heterocycles. The first-order valence-electron chi connectivity index (χ1n) is 19.7. The van der Waals surface area contributed by atoms with E-state index in [0.29, 0.717) is 6.54 Å². The van der Waals surface area contributed by atoms with E-state index in [2.05, 4.69) is 87.4 Å². The van der Waals surface area contributed by atoms with E-state index in [1.807, 2.05) is 43.0 Å². The van der Waals surface area contributed by atoms with Crippen LogP contribution in [0, 0.1) is 17.8 Å². The molecule has 8 rings (SSSR count). The van der Waals surface area contributed by atoms with E-state index in [4.69, 9.17) is 19.4 Å². The first-order valence-corrected chi connectivity index (χ1v) is 19.7. The number of ether oxygens (including phenoxy) is 2. The Kier molecular flexibility index (Phi) is 10.6. The fraction of sp³-hybridized carbons (Fsp3) is 0.419. The molecule has 8 atom stereocenters. The number of carbonyl (C=O) groups is 3. The summed E-state index contributed by atoms with van der Waals surface area (Å²) in [6.07, 6.45) is 10.5. The fourth-order valence-corrected chi connectivity index (χ4v) is 9.05. The maximum Gasteiger partial charge on any atom is 0.407 e. The molecule has 298 valence electrons. The zero-order valence-electron chi connectivity index (χ0n) is 32.8. The van der Waals surface area contributed by atoms with Crippen molar-refractivity contribution in [2.45, 2.75) is 76.7 Å². The van der Waals surface area contributed by atoms with Crippen molar-refractivity contribution in [2.24, 2.45) is 17.8 Å². The number of allylic oxidation sites excluding steroid dienone is 2. The molecule has 4 aliphatic rings. The van der Waals surface area contributed by atoms with Crippen molar-refractivity contribution in [3.8, 4) is 33.6 Å². The van der Waals surface area contributed by atoms with Crippen molar-refractivity contribution in [1.29, 1.82) is 0 Å². The topological polar surface area (TPSA) is 178 Å². The van der Waals surface area contributed by atoms with Gasteiger partial charge in [-0.05, 0) is 53.0 Å². The number of amides is 3. The van der Waals surface area contributed by atoms with Gasteiger partial charge < -0.3 is 39.7 Å². The number of methoxy groups -OCH3 is 2. The summed E-state index contributed by atoms with van der Waals surface area (Å²) in [5.41, 5.74) is 6.95. The summed E-state index contributed by atoms with van der Waals surface area (Å²) in [6.45, 7) is 6.49. The SMILES string of the molecule is COC(=O)NC1C(=O)N2C(c3ncc(-c4ccc(-c5ccc(-c6cnc(C7CCCN7C(=O)C(NC(O)OC)C(C)C)[nH]6)cc5)cc4)[nH]3)CC3C=CC=C(C1C)C32. The van der Waals surface area contributed by atoms with E-state index in [9.17, 15) is 19.5 Å². The van der Waals surface area contributed by atoms with Gasteiger partial charge in [-0.3, -0.25) is 14.9 Å². The highest BCUT2D eigenvalue weighted by Crippen LogP contribution is 2.49. The van der Waals surface area contributed by atoms with Gasteiger partial charge >= 0.3 is 6.09 Å². The lowest BCUT2D eigenvalue weighted by atomic mass is 9.77. The molecule has 8 unspecified atom stereocenters. The molecule has 14 nitrogen and oxygen atoms in total. The second kappa shape index (κ2) is 15.8. The summed E-state index contributed by atoms with van der Waals surface area (Å²) < 4.78 is 9.79. The largest absolute Gasteiger partial charge is 0.453 e. The van der Waals surface area contributed by atoms with Crippen LogP contribution in [0.4, 0.5) is 4.79 Å². The van der Waals surface area contributed by atoms with Crippen LogP contribution in [0.3, 0.4) is 0 Å². The lowest BCUT2D eigenvalue weighted by molar-refractivity contribution is -0.145. The Labute approximate surface area is 331 Å². The summed E-state index contributed by atoms with van der Waals surface area (Å²) in [5.74, 6) is 1.24. The second-order valence-corrected chi connectivity index (χ2v) is 15.7. The number of rotatable bonds is 11. The van der Waals surface area contributed by atoms with Crippen LogP contribution >= 0.6 is 0 Å². The molecule has 3 amide bonds. The van der Waals surface area contributed by atoms with Crippen LogP contribution in [0.5, 0.6) is 0 Å². The standard InChI is InChI=1S/C43H50N8O6/c1-23(2)35(48-42(54)56-4)40(52)50-19-7-10-33(50)38-44-21-31(46-38)27-15-11-25(12-16-27)26-13-17-28(18-14-26)32-22-45-39(47-32)34-20-29-8-6-9-30-24(3)36(49-43(55)57-5)41(53)51(34)37(29)30/h6,8-9,11-18,21-24,29,33-37,42,48,54H,7,10,19-20H2,1-5H3,(H,44,46)(H,45,47)(H,49,55). The maximum atomic E-state index is 13.9. The average molecular weight is 775 g/mol. The molecule has 0 spiro atoms. The van der Waals surface area contributed by atoms with Crippen LogP contribution in [0.2, 0.25) is 0 Å². The van der Waals surface area contributed by atoms with Crippen LogP contribution < -0.4 is 10.6 Å². The van der Waals surface area contributed by atoms with Crippen LogP contribution in [0.1, 0.15) is 63.8 Å². The number of nitrogens with zero attached hydrogens (tertiary/aromatic N) is 4. The lowest BCUT2D eigenvalue weighted by Gasteiger charge is -2.44. The Hall–Kier alpha value is -5.57. The van der Waals surface area contributed by atoms with Gasteiger partial charge in [0.05, 0.1) is 55.1 Å². The van der Waals surface area contributed by atoms with E-state index >= 15 is 0 Å². The van der Waals surface area contributed by atoms with Gasteiger partial charge in [-0.2, -0.15) is 0 Å². The van der Waals surface area contributed by atoms with Gasteiger partial charge in [0.2, 0.25) is 18.2 Å². The summed E-state index contributed by atoms with van der Waals surface area (Å²) >= 11 is 0. The zero-order valence-corrected chi connectivity index (χ0v) is 32.8. The number of aliphatic hydroxyl groups is 1. The molecule has 2 aromatic carbocycles. The summed E-state index contributed by atoms with van der Waals surface area (Å²) in [7, 11) is 2.69. The number of hydrogen-bond acceptors (Lipinski definition) is 9. The van der Waals surface area contributed by atoms with Gasteiger partial charge in [0.25, 0.3) is 0 Å². The molecule has 57 heavy (non-hydrogen) atoms. The molecule has 0 saturated carbocycles. The first-order chi connectivity index (χ1) is 27.6. The minimum atomic E-state index is -1.22. The molecule has 4 aromatic rings. The van der Waals surface area contributed by atoms with Crippen LogP contribution in [-0.2, 0) is 19.1 Å². The average Bonchev–Trinajstić information content (AvgIpc) is 4.06. The molecule has 3 fully saturated rings. The summed E-state index contributed by atoms with van der Waals surface area (Å²) in [5, 5.41) is 15.7. The predicted molar refractivity (Wildman–Crippen MR) is 213 cm³/mol. The lowest BCUT2D eigenvalue weighted by Crippen LogP contribution is -2.60. The monoisotopic (exact) mass is 774 g/mol. The molecule has 1 aliphatic carbocycles. The molecular formula is C43H50N8O6. The predicted octanol–water partition coefficient (Wildman–Crippen LogP) is 5.46. The number of aliphatic hydroxyl groups excluding tert-OH is 1. The minimum absolute atomic E-state index is 0.0457. The van der Waals surface area contributed by atoms with Gasteiger partial charge in [-0.15, -0.1) is 0 Å². The normalized spacial score (nSPS) is 25.0. The number of imidazole rings is 2. The number of H-pyrrole nitrogens is 2. The Morgan fingerprint density at radius 3 is 2.09 bits per heavy atom.